The van der Waals surface area contributed by atoms with E-state index in [0.29, 0.717) is 0 Å². The van der Waals surface area contributed by atoms with E-state index in [1.807, 2.05) is 12.1 Å². The Balaban J connectivity index is 2.57. The van der Waals surface area contributed by atoms with E-state index in [1.54, 1.807) is 12.1 Å². The summed E-state index contributed by atoms with van der Waals surface area (Å²) in [7, 11) is 0. The second kappa shape index (κ2) is 4.55. The quantitative estimate of drug-likeness (QED) is 0.821. The van der Waals surface area contributed by atoms with Gasteiger partial charge in [-0.25, -0.2) is 0 Å². The zero-order valence-corrected chi connectivity index (χ0v) is 12.2. The highest BCUT2D eigenvalue weighted by Crippen LogP contribution is 2.42. The Morgan fingerprint density at radius 1 is 1.11 bits per heavy atom. The average Bonchev–Trinajstić information content (AvgIpc) is 2.26. The highest BCUT2D eigenvalue weighted by Gasteiger charge is 2.41. The Morgan fingerprint density at radius 3 is 2.16 bits per heavy atom. The van der Waals surface area contributed by atoms with Crippen LogP contribution in [0.5, 0.6) is 0 Å². The maximum Gasteiger partial charge on any atom is 0.0736 e. The molecule has 0 amide bonds. The lowest BCUT2D eigenvalue weighted by Crippen LogP contribution is -2.59. The zero-order valence-electron chi connectivity index (χ0n) is 12.2. The molecule has 1 saturated heterocycles. The summed E-state index contributed by atoms with van der Waals surface area (Å²) in [5.41, 5.74) is 0.961. The van der Waals surface area contributed by atoms with Crippen molar-refractivity contribution in [1.82, 2.24) is 0 Å². The Morgan fingerprint density at radius 2 is 1.63 bits per heavy atom. The standard InChI is InChI=1S/C16H23NO2/c1-15(2)10-7-11-16(3,4)17(15)13-9-6-5-8-12(13)14(18)19/h5-6,8-9H,7,10-11H2,1-4H3,(H,18,19)/p-1. The molecule has 1 aromatic rings. The molecule has 1 aliphatic rings. The fraction of sp³-hybridized carbons (Fsp3) is 0.562. The Kier molecular flexibility index (Phi) is 3.33. The first-order chi connectivity index (χ1) is 8.76. The van der Waals surface area contributed by atoms with E-state index in [-0.39, 0.29) is 16.6 Å². The lowest BCUT2D eigenvalue weighted by atomic mass is 9.79. The van der Waals surface area contributed by atoms with Crippen molar-refractivity contribution in [3.63, 3.8) is 0 Å². The van der Waals surface area contributed by atoms with Crippen molar-refractivity contribution in [3.8, 4) is 0 Å². The van der Waals surface area contributed by atoms with E-state index in [2.05, 4.69) is 32.6 Å². The van der Waals surface area contributed by atoms with Gasteiger partial charge in [0.1, 0.15) is 0 Å². The number of hydrogen-bond donors (Lipinski definition) is 0. The van der Waals surface area contributed by atoms with Crippen LogP contribution in [0, 0.1) is 0 Å². The second-order valence-electron chi connectivity index (χ2n) is 6.62. The number of carboxylic acids is 1. The molecule has 2 rings (SSSR count). The van der Waals surface area contributed by atoms with Crippen molar-refractivity contribution in [2.45, 2.75) is 58.0 Å². The number of aromatic carboxylic acids is 1. The molecule has 0 aromatic heterocycles. The number of anilines is 1. The SMILES string of the molecule is CC1(C)CCCC(C)(C)N1c1ccccc1C(=O)[O-]. The summed E-state index contributed by atoms with van der Waals surface area (Å²) in [6.07, 6.45) is 3.31. The third-order valence-electron chi connectivity index (χ3n) is 4.15. The summed E-state index contributed by atoms with van der Waals surface area (Å²) >= 11 is 0. The van der Waals surface area contributed by atoms with Crippen LogP contribution in [0.25, 0.3) is 0 Å². The van der Waals surface area contributed by atoms with Gasteiger partial charge in [0.2, 0.25) is 0 Å². The van der Waals surface area contributed by atoms with Crippen LogP contribution in [0.15, 0.2) is 24.3 Å². The molecule has 0 spiro atoms. The maximum atomic E-state index is 11.3. The Labute approximate surface area is 115 Å². The molecule has 1 aromatic carbocycles. The van der Waals surface area contributed by atoms with E-state index < -0.39 is 5.97 Å². The van der Waals surface area contributed by atoms with Crippen LogP contribution in [0.4, 0.5) is 5.69 Å². The third kappa shape index (κ3) is 2.46. The average molecular weight is 260 g/mol. The van der Waals surface area contributed by atoms with Crippen molar-refractivity contribution in [2.75, 3.05) is 4.90 Å². The highest BCUT2D eigenvalue weighted by atomic mass is 16.4. The third-order valence-corrected chi connectivity index (χ3v) is 4.15. The van der Waals surface area contributed by atoms with Crippen molar-refractivity contribution in [2.24, 2.45) is 0 Å². The number of benzene rings is 1. The summed E-state index contributed by atoms with van der Waals surface area (Å²) in [5.74, 6) is -1.10. The summed E-state index contributed by atoms with van der Waals surface area (Å²) in [6.45, 7) is 8.72. The molecule has 104 valence electrons. The lowest BCUT2D eigenvalue weighted by Gasteiger charge is -2.55. The second-order valence-corrected chi connectivity index (χ2v) is 6.62. The molecule has 0 radical (unpaired) electrons. The molecule has 1 aliphatic heterocycles. The van der Waals surface area contributed by atoms with Gasteiger partial charge in [0.15, 0.2) is 0 Å². The van der Waals surface area contributed by atoms with E-state index >= 15 is 0 Å². The van der Waals surface area contributed by atoms with E-state index in [1.165, 1.54) is 6.42 Å². The number of hydrogen-bond acceptors (Lipinski definition) is 3. The Hall–Kier alpha value is -1.51. The number of para-hydroxylation sites is 1. The smallest absolute Gasteiger partial charge is 0.0736 e. The number of nitrogens with zero attached hydrogens (tertiary/aromatic N) is 1. The van der Waals surface area contributed by atoms with Gasteiger partial charge in [-0.1, -0.05) is 18.2 Å². The van der Waals surface area contributed by atoms with Gasteiger partial charge >= 0.3 is 0 Å². The van der Waals surface area contributed by atoms with Gasteiger partial charge < -0.3 is 14.8 Å². The molecule has 0 N–H and O–H groups in total. The van der Waals surface area contributed by atoms with Crippen LogP contribution < -0.4 is 10.0 Å². The van der Waals surface area contributed by atoms with E-state index in [9.17, 15) is 9.90 Å². The monoisotopic (exact) mass is 260 g/mol. The zero-order chi connectivity index (χ0) is 14.3. The van der Waals surface area contributed by atoms with Crippen LogP contribution in [-0.2, 0) is 0 Å². The summed E-state index contributed by atoms with van der Waals surface area (Å²) < 4.78 is 0. The molecular weight excluding hydrogens is 238 g/mol. The molecule has 0 unspecified atom stereocenters. The van der Waals surface area contributed by atoms with Gasteiger partial charge in [0.05, 0.1) is 5.97 Å². The predicted molar refractivity (Wildman–Crippen MR) is 75.3 cm³/mol. The number of rotatable bonds is 2. The number of piperidine rings is 1. The predicted octanol–water partition coefficient (Wildman–Crippen LogP) is 2.60. The number of carboxylic acid groups (broad SMARTS) is 1. The summed E-state index contributed by atoms with van der Waals surface area (Å²) in [4.78, 5) is 13.6. The highest BCUT2D eigenvalue weighted by molar-refractivity contribution is 5.93. The van der Waals surface area contributed by atoms with Crippen LogP contribution in [0.2, 0.25) is 0 Å². The van der Waals surface area contributed by atoms with Crippen LogP contribution in [0.3, 0.4) is 0 Å². The first-order valence-corrected chi connectivity index (χ1v) is 6.86. The van der Waals surface area contributed by atoms with Crippen molar-refractivity contribution in [3.05, 3.63) is 29.8 Å². The van der Waals surface area contributed by atoms with E-state index in [0.717, 1.165) is 18.5 Å². The minimum absolute atomic E-state index is 0.0483. The normalized spacial score (nSPS) is 21.2. The molecule has 1 heterocycles. The van der Waals surface area contributed by atoms with Gasteiger partial charge in [-0.15, -0.1) is 0 Å². The van der Waals surface area contributed by atoms with Gasteiger partial charge in [0.25, 0.3) is 0 Å². The molecule has 3 heteroatoms. The van der Waals surface area contributed by atoms with Gasteiger partial charge in [-0.05, 0) is 53.0 Å². The maximum absolute atomic E-state index is 11.3. The van der Waals surface area contributed by atoms with Gasteiger partial charge in [-0.3, -0.25) is 0 Å². The first kappa shape index (κ1) is 13.9. The minimum Gasteiger partial charge on any atom is -0.545 e. The van der Waals surface area contributed by atoms with Gasteiger partial charge in [0, 0.05) is 22.3 Å². The van der Waals surface area contributed by atoms with Gasteiger partial charge in [-0.2, -0.15) is 0 Å². The molecule has 0 aliphatic carbocycles. The number of carbonyl (C=O) groups is 1. The van der Waals surface area contributed by atoms with Crippen LogP contribution in [0.1, 0.15) is 57.3 Å². The first-order valence-electron chi connectivity index (χ1n) is 6.86. The topological polar surface area (TPSA) is 43.4 Å². The van der Waals surface area contributed by atoms with E-state index in [4.69, 9.17) is 0 Å². The van der Waals surface area contributed by atoms with Crippen molar-refractivity contribution < 1.29 is 9.90 Å². The molecule has 19 heavy (non-hydrogen) atoms. The fourth-order valence-corrected chi connectivity index (χ4v) is 3.49. The summed E-state index contributed by atoms with van der Waals surface area (Å²) in [5, 5.41) is 11.3. The fourth-order valence-electron chi connectivity index (χ4n) is 3.49. The lowest BCUT2D eigenvalue weighted by molar-refractivity contribution is -0.254. The minimum atomic E-state index is -1.10. The molecule has 0 bridgehead atoms. The molecule has 3 nitrogen and oxygen atoms in total. The Bertz CT molecular complexity index is 475. The van der Waals surface area contributed by atoms with Crippen molar-refractivity contribution in [1.29, 1.82) is 0 Å². The number of carbonyl (C=O) groups excluding carboxylic acids is 1. The molecule has 0 saturated carbocycles. The summed E-state index contributed by atoms with van der Waals surface area (Å²) in [6, 6.07) is 7.16. The van der Waals surface area contributed by atoms with Crippen LogP contribution in [-0.4, -0.2) is 17.0 Å². The van der Waals surface area contributed by atoms with Crippen LogP contribution >= 0.6 is 0 Å². The molecular formula is C16H22NO2-. The van der Waals surface area contributed by atoms with Crippen molar-refractivity contribution >= 4 is 11.7 Å². The molecule has 1 fully saturated rings. The molecule has 0 atom stereocenters. The largest absolute Gasteiger partial charge is 0.545 e.